The minimum absolute atomic E-state index is 0.0836. The van der Waals surface area contributed by atoms with Crippen LogP contribution < -0.4 is 16.6 Å². The van der Waals surface area contributed by atoms with Crippen molar-refractivity contribution in [2.24, 2.45) is 0 Å². The molecule has 0 aliphatic heterocycles. The Morgan fingerprint density at radius 1 is 1.28 bits per heavy atom. The smallest absolute Gasteiger partial charge is 0.326 e. The maximum atomic E-state index is 11.7. The van der Waals surface area contributed by atoms with Crippen LogP contribution in [-0.2, 0) is 6.54 Å². The summed E-state index contributed by atoms with van der Waals surface area (Å²) in [7, 11) is 0. The van der Waals surface area contributed by atoms with E-state index in [9.17, 15) is 14.4 Å². The van der Waals surface area contributed by atoms with Gasteiger partial charge in [0.25, 0.3) is 11.5 Å². The second kappa shape index (κ2) is 5.09. The van der Waals surface area contributed by atoms with E-state index in [4.69, 9.17) is 0 Å². The fourth-order valence-corrected chi connectivity index (χ4v) is 1.36. The molecule has 3 N–H and O–H groups in total. The molecular formula is C11H10N4O3. The van der Waals surface area contributed by atoms with Gasteiger partial charge in [-0.05, 0) is 12.1 Å². The van der Waals surface area contributed by atoms with Gasteiger partial charge >= 0.3 is 5.69 Å². The summed E-state index contributed by atoms with van der Waals surface area (Å²) in [4.78, 5) is 41.9. The maximum absolute atomic E-state index is 11.7. The van der Waals surface area contributed by atoms with Gasteiger partial charge in [-0.2, -0.15) is 0 Å². The number of aromatic nitrogens is 3. The lowest BCUT2D eigenvalue weighted by atomic mass is 10.3. The Morgan fingerprint density at radius 3 is 2.78 bits per heavy atom. The zero-order chi connectivity index (χ0) is 13.0. The van der Waals surface area contributed by atoms with Gasteiger partial charge < -0.3 is 10.3 Å². The number of H-pyrrole nitrogens is 2. The van der Waals surface area contributed by atoms with Crippen LogP contribution in [0.3, 0.4) is 0 Å². The quantitative estimate of drug-likeness (QED) is 0.671. The first-order valence-corrected chi connectivity index (χ1v) is 5.17. The summed E-state index contributed by atoms with van der Waals surface area (Å²) in [6.45, 7) is 0.217. The summed E-state index contributed by atoms with van der Waals surface area (Å²) in [5.74, 6) is -0.538. The number of nitrogens with one attached hydrogen (secondary N) is 3. The fraction of sp³-hybridized carbons (Fsp3) is 0.0909. The number of carbonyl (C=O) groups is 1. The van der Waals surface area contributed by atoms with E-state index in [0.717, 1.165) is 6.07 Å². The lowest BCUT2D eigenvalue weighted by molar-refractivity contribution is 0.0944. The Labute approximate surface area is 101 Å². The van der Waals surface area contributed by atoms with Crippen molar-refractivity contribution in [3.63, 3.8) is 0 Å². The van der Waals surface area contributed by atoms with Gasteiger partial charge in [-0.3, -0.25) is 19.6 Å². The molecule has 2 rings (SSSR count). The highest BCUT2D eigenvalue weighted by Crippen LogP contribution is 1.93. The molecule has 0 radical (unpaired) electrons. The molecule has 7 heteroatoms. The molecule has 0 bridgehead atoms. The van der Waals surface area contributed by atoms with Crippen LogP contribution in [0.15, 0.2) is 40.1 Å². The molecule has 0 fully saturated rings. The third-order valence-electron chi connectivity index (χ3n) is 2.16. The Morgan fingerprint density at radius 2 is 2.11 bits per heavy atom. The normalized spacial score (nSPS) is 10.0. The summed E-state index contributed by atoms with van der Waals surface area (Å²) in [6.07, 6.45) is 1.61. The van der Waals surface area contributed by atoms with Gasteiger partial charge in [-0.15, -0.1) is 0 Å². The summed E-state index contributed by atoms with van der Waals surface area (Å²) < 4.78 is 0. The van der Waals surface area contributed by atoms with Crippen LogP contribution in [-0.4, -0.2) is 20.9 Å². The topological polar surface area (TPSA) is 108 Å². The third-order valence-corrected chi connectivity index (χ3v) is 2.16. The average molecular weight is 246 g/mol. The number of nitrogens with zero attached hydrogens (tertiary/aromatic N) is 1. The number of rotatable bonds is 3. The predicted molar refractivity (Wildman–Crippen MR) is 63.1 cm³/mol. The molecule has 2 aromatic heterocycles. The van der Waals surface area contributed by atoms with E-state index in [2.05, 4.69) is 15.3 Å². The average Bonchev–Trinajstić information content (AvgIpc) is 2.36. The molecule has 18 heavy (non-hydrogen) atoms. The number of pyridine rings is 1. The highest BCUT2D eigenvalue weighted by atomic mass is 16.2. The zero-order valence-corrected chi connectivity index (χ0v) is 9.27. The van der Waals surface area contributed by atoms with Crippen LogP contribution in [0.5, 0.6) is 0 Å². The Bertz CT molecular complexity index is 631. The van der Waals surface area contributed by atoms with Gasteiger partial charge in [-0.25, -0.2) is 4.79 Å². The van der Waals surface area contributed by atoms with Crippen LogP contribution in [0.2, 0.25) is 0 Å². The Hall–Kier alpha value is -2.70. The van der Waals surface area contributed by atoms with Crippen LogP contribution >= 0.6 is 0 Å². The lowest BCUT2D eigenvalue weighted by Gasteiger charge is -2.03. The summed E-state index contributed by atoms with van der Waals surface area (Å²) in [5.41, 5.74) is -0.745. The van der Waals surface area contributed by atoms with E-state index >= 15 is 0 Å². The molecule has 0 unspecified atom stereocenters. The number of hydrogen-bond donors (Lipinski definition) is 3. The van der Waals surface area contributed by atoms with Crippen molar-refractivity contribution in [2.45, 2.75) is 6.54 Å². The SMILES string of the molecule is O=C(NCc1ccccn1)c1cc(=O)[nH]c(=O)[nH]1. The molecule has 0 atom stereocenters. The van der Waals surface area contributed by atoms with Gasteiger partial charge in [0.1, 0.15) is 5.69 Å². The second-order valence-corrected chi connectivity index (χ2v) is 3.51. The number of amides is 1. The summed E-state index contributed by atoms with van der Waals surface area (Å²) >= 11 is 0. The van der Waals surface area contributed by atoms with E-state index in [1.807, 2.05) is 4.98 Å². The van der Waals surface area contributed by atoms with E-state index < -0.39 is 17.2 Å². The molecule has 0 saturated carbocycles. The number of carbonyl (C=O) groups excluding carboxylic acids is 1. The molecule has 0 aliphatic carbocycles. The molecule has 0 spiro atoms. The highest BCUT2D eigenvalue weighted by molar-refractivity contribution is 5.91. The Kier molecular flexibility index (Phi) is 3.33. The van der Waals surface area contributed by atoms with Gasteiger partial charge in [0.15, 0.2) is 0 Å². The van der Waals surface area contributed by atoms with E-state index in [-0.39, 0.29) is 12.2 Å². The molecule has 1 amide bonds. The Balaban J connectivity index is 2.08. The largest absolute Gasteiger partial charge is 0.345 e. The first kappa shape index (κ1) is 11.8. The first-order valence-electron chi connectivity index (χ1n) is 5.17. The maximum Gasteiger partial charge on any atom is 0.326 e. The van der Waals surface area contributed by atoms with Crippen LogP contribution in [0.4, 0.5) is 0 Å². The van der Waals surface area contributed by atoms with Gasteiger partial charge in [0.2, 0.25) is 0 Å². The number of aromatic amines is 2. The second-order valence-electron chi connectivity index (χ2n) is 3.51. The first-order chi connectivity index (χ1) is 8.65. The van der Waals surface area contributed by atoms with Crippen molar-refractivity contribution < 1.29 is 4.79 Å². The molecule has 7 nitrogen and oxygen atoms in total. The van der Waals surface area contributed by atoms with Crippen LogP contribution in [0.1, 0.15) is 16.2 Å². The molecule has 0 aliphatic rings. The fourth-order valence-electron chi connectivity index (χ4n) is 1.36. The molecule has 2 aromatic rings. The molecule has 0 saturated heterocycles. The van der Waals surface area contributed by atoms with E-state index in [0.29, 0.717) is 5.69 Å². The van der Waals surface area contributed by atoms with Crippen molar-refractivity contribution >= 4 is 5.91 Å². The van der Waals surface area contributed by atoms with Crippen molar-refractivity contribution in [3.05, 3.63) is 62.7 Å². The predicted octanol–water partition coefficient (Wildman–Crippen LogP) is -0.612. The molecular weight excluding hydrogens is 236 g/mol. The molecule has 0 aromatic carbocycles. The van der Waals surface area contributed by atoms with Crippen molar-refractivity contribution in [3.8, 4) is 0 Å². The molecule has 2 heterocycles. The zero-order valence-electron chi connectivity index (χ0n) is 9.27. The van der Waals surface area contributed by atoms with E-state index in [1.165, 1.54) is 0 Å². The highest BCUT2D eigenvalue weighted by Gasteiger charge is 2.07. The van der Waals surface area contributed by atoms with Crippen LogP contribution in [0.25, 0.3) is 0 Å². The van der Waals surface area contributed by atoms with Crippen LogP contribution in [0, 0.1) is 0 Å². The standard InChI is InChI=1S/C11H10N4O3/c16-9-5-8(14-11(18)15-9)10(17)13-6-7-3-1-2-4-12-7/h1-5H,6H2,(H,13,17)(H2,14,15,16,18). The van der Waals surface area contributed by atoms with Gasteiger partial charge in [0.05, 0.1) is 12.2 Å². The van der Waals surface area contributed by atoms with E-state index in [1.54, 1.807) is 24.4 Å². The third kappa shape index (κ3) is 2.91. The summed E-state index contributed by atoms with van der Waals surface area (Å²) in [5, 5.41) is 2.55. The minimum atomic E-state index is -0.717. The van der Waals surface area contributed by atoms with Gasteiger partial charge in [0, 0.05) is 12.3 Å². The lowest BCUT2D eigenvalue weighted by Crippen LogP contribution is -2.30. The van der Waals surface area contributed by atoms with Crippen molar-refractivity contribution in [1.82, 2.24) is 20.3 Å². The van der Waals surface area contributed by atoms with Crippen molar-refractivity contribution in [1.29, 1.82) is 0 Å². The number of hydrogen-bond acceptors (Lipinski definition) is 4. The van der Waals surface area contributed by atoms with Crippen molar-refractivity contribution in [2.75, 3.05) is 0 Å². The monoisotopic (exact) mass is 246 g/mol. The molecule has 92 valence electrons. The summed E-state index contributed by atoms with van der Waals surface area (Å²) in [6, 6.07) is 6.33. The minimum Gasteiger partial charge on any atom is -0.345 e. The van der Waals surface area contributed by atoms with Gasteiger partial charge in [-0.1, -0.05) is 6.07 Å².